The molecule has 1 aliphatic carbocycles. The van der Waals surface area contributed by atoms with Gasteiger partial charge in [-0.05, 0) is 37.7 Å². The van der Waals surface area contributed by atoms with Crippen molar-refractivity contribution in [2.45, 2.75) is 70.5 Å². The van der Waals surface area contributed by atoms with Crippen molar-refractivity contribution in [1.29, 1.82) is 0 Å². The summed E-state index contributed by atoms with van der Waals surface area (Å²) in [6.07, 6.45) is 6.26. The number of carbonyl (C=O) groups is 2. The van der Waals surface area contributed by atoms with Gasteiger partial charge in [-0.1, -0.05) is 56.5 Å². The predicted octanol–water partition coefficient (Wildman–Crippen LogP) is 3.26. The van der Waals surface area contributed by atoms with Crippen LogP contribution in [-0.2, 0) is 16.1 Å². The molecular formula is C20H28N2O2. The van der Waals surface area contributed by atoms with Gasteiger partial charge in [0.25, 0.3) is 0 Å². The summed E-state index contributed by atoms with van der Waals surface area (Å²) in [7, 11) is 0. The van der Waals surface area contributed by atoms with E-state index in [1.807, 2.05) is 49.1 Å². The van der Waals surface area contributed by atoms with Crippen LogP contribution in [0.3, 0.4) is 0 Å². The highest BCUT2D eigenvalue weighted by molar-refractivity contribution is 5.99. The first-order valence-corrected chi connectivity index (χ1v) is 9.22. The van der Waals surface area contributed by atoms with E-state index in [1.165, 1.54) is 6.42 Å². The maximum absolute atomic E-state index is 13.3. The molecule has 2 fully saturated rings. The second kappa shape index (κ2) is 6.96. The van der Waals surface area contributed by atoms with Gasteiger partial charge in [-0.15, -0.1) is 0 Å². The van der Waals surface area contributed by atoms with Crippen molar-refractivity contribution >= 4 is 11.8 Å². The minimum absolute atomic E-state index is 0.00361. The number of benzene rings is 1. The number of rotatable bonds is 4. The second-order valence-corrected chi connectivity index (χ2v) is 7.39. The monoisotopic (exact) mass is 328 g/mol. The molecular weight excluding hydrogens is 300 g/mol. The van der Waals surface area contributed by atoms with Gasteiger partial charge in [0, 0.05) is 6.54 Å². The Morgan fingerprint density at radius 2 is 1.79 bits per heavy atom. The first kappa shape index (κ1) is 17.0. The smallest absolute Gasteiger partial charge is 0.246 e. The van der Waals surface area contributed by atoms with Gasteiger partial charge in [0.2, 0.25) is 11.8 Å². The predicted molar refractivity (Wildman–Crippen MR) is 94.2 cm³/mol. The third-order valence-corrected chi connectivity index (χ3v) is 5.90. The minimum Gasteiger partial charge on any atom is -0.342 e. The first-order chi connectivity index (χ1) is 11.6. The fraction of sp³-hybridized carbons (Fsp3) is 0.600. The summed E-state index contributed by atoms with van der Waals surface area (Å²) in [5, 5.41) is 3.06. The molecule has 24 heavy (non-hydrogen) atoms. The van der Waals surface area contributed by atoms with E-state index in [0.29, 0.717) is 13.0 Å². The fourth-order valence-corrected chi connectivity index (χ4v) is 4.05. The molecule has 1 aromatic rings. The molecule has 1 aromatic carbocycles. The van der Waals surface area contributed by atoms with E-state index in [9.17, 15) is 9.59 Å². The van der Waals surface area contributed by atoms with E-state index < -0.39 is 5.54 Å². The lowest BCUT2D eigenvalue weighted by Gasteiger charge is -2.48. The lowest BCUT2D eigenvalue weighted by atomic mass is 9.80. The highest BCUT2D eigenvalue weighted by Gasteiger charge is 2.50. The van der Waals surface area contributed by atoms with Gasteiger partial charge in [0.05, 0.1) is 0 Å². The lowest BCUT2D eigenvalue weighted by Crippen LogP contribution is -2.70. The van der Waals surface area contributed by atoms with Gasteiger partial charge in [0.15, 0.2) is 0 Å². The zero-order valence-corrected chi connectivity index (χ0v) is 14.8. The Balaban J connectivity index is 1.87. The summed E-state index contributed by atoms with van der Waals surface area (Å²) < 4.78 is 0. The molecule has 4 heteroatoms. The highest BCUT2D eigenvalue weighted by Crippen LogP contribution is 2.33. The molecule has 1 heterocycles. The Bertz CT molecular complexity index is 595. The molecule has 3 rings (SSSR count). The van der Waals surface area contributed by atoms with Gasteiger partial charge in [-0.2, -0.15) is 0 Å². The Morgan fingerprint density at radius 3 is 2.42 bits per heavy atom. The molecule has 0 spiro atoms. The van der Waals surface area contributed by atoms with E-state index >= 15 is 0 Å². The molecule has 2 atom stereocenters. The molecule has 2 unspecified atom stereocenters. The van der Waals surface area contributed by atoms with Gasteiger partial charge in [0.1, 0.15) is 11.6 Å². The zero-order chi connectivity index (χ0) is 17.2. The molecule has 2 amide bonds. The van der Waals surface area contributed by atoms with E-state index in [-0.39, 0.29) is 23.8 Å². The van der Waals surface area contributed by atoms with E-state index in [4.69, 9.17) is 0 Å². The summed E-state index contributed by atoms with van der Waals surface area (Å²) >= 11 is 0. The number of nitrogens with zero attached hydrogens (tertiary/aromatic N) is 1. The molecule has 0 aromatic heterocycles. The van der Waals surface area contributed by atoms with Crippen molar-refractivity contribution in [1.82, 2.24) is 10.2 Å². The van der Waals surface area contributed by atoms with Gasteiger partial charge in [-0.3, -0.25) is 9.59 Å². The Hall–Kier alpha value is -1.84. The van der Waals surface area contributed by atoms with Crippen LogP contribution in [0.1, 0.15) is 57.9 Å². The number of carbonyl (C=O) groups excluding carboxylic acids is 2. The van der Waals surface area contributed by atoms with Crippen LogP contribution in [0.25, 0.3) is 0 Å². The molecule has 1 aliphatic heterocycles. The minimum atomic E-state index is -0.766. The van der Waals surface area contributed by atoms with Gasteiger partial charge >= 0.3 is 0 Å². The summed E-state index contributed by atoms with van der Waals surface area (Å²) in [6.45, 7) is 4.37. The van der Waals surface area contributed by atoms with Crippen LogP contribution < -0.4 is 5.32 Å². The quantitative estimate of drug-likeness (QED) is 0.922. The van der Waals surface area contributed by atoms with Crippen molar-refractivity contribution < 1.29 is 9.59 Å². The maximum Gasteiger partial charge on any atom is 0.246 e. The second-order valence-electron chi connectivity index (χ2n) is 7.39. The number of piperazine rings is 1. The van der Waals surface area contributed by atoms with Crippen molar-refractivity contribution in [3.8, 4) is 0 Å². The highest BCUT2D eigenvalue weighted by atomic mass is 16.2. The molecule has 0 radical (unpaired) electrons. The van der Waals surface area contributed by atoms with Crippen molar-refractivity contribution in [3.05, 3.63) is 35.9 Å². The van der Waals surface area contributed by atoms with Crippen molar-refractivity contribution in [2.24, 2.45) is 5.92 Å². The number of hydrogen-bond donors (Lipinski definition) is 1. The maximum atomic E-state index is 13.3. The summed E-state index contributed by atoms with van der Waals surface area (Å²) in [5.74, 6) is 0.376. The summed E-state index contributed by atoms with van der Waals surface area (Å²) in [6, 6.07) is 9.62. The number of hydrogen-bond acceptors (Lipinski definition) is 2. The van der Waals surface area contributed by atoms with Crippen LogP contribution in [0.5, 0.6) is 0 Å². The van der Waals surface area contributed by atoms with Crippen LogP contribution in [-0.4, -0.2) is 28.3 Å². The van der Waals surface area contributed by atoms with Gasteiger partial charge < -0.3 is 10.2 Å². The van der Waals surface area contributed by atoms with Crippen LogP contribution in [0.15, 0.2) is 30.3 Å². The molecule has 1 saturated carbocycles. The molecule has 2 aliphatic rings. The topological polar surface area (TPSA) is 49.4 Å². The zero-order valence-electron chi connectivity index (χ0n) is 14.8. The molecule has 4 nitrogen and oxygen atoms in total. The van der Waals surface area contributed by atoms with Crippen LogP contribution in [0.4, 0.5) is 0 Å². The summed E-state index contributed by atoms with van der Waals surface area (Å²) in [4.78, 5) is 27.9. The Labute approximate surface area is 144 Å². The molecule has 0 bridgehead atoms. The third kappa shape index (κ3) is 3.06. The third-order valence-electron chi connectivity index (χ3n) is 5.90. The van der Waals surface area contributed by atoms with Crippen LogP contribution >= 0.6 is 0 Å². The van der Waals surface area contributed by atoms with E-state index in [2.05, 4.69) is 5.32 Å². The average molecular weight is 328 g/mol. The largest absolute Gasteiger partial charge is 0.342 e. The lowest BCUT2D eigenvalue weighted by molar-refractivity contribution is -0.159. The Kier molecular flexibility index (Phi) is 4.93. The first-order valence-electron chi connectivity index (χ1n) is 9.22. The van der Waals surface area contributed by atoms with E-state index in [1.54, 1.807) is 0 Å². The average Bonchev–Trinajstić information content (AvgIpc) is 2.63. The molecule has 130 valence electrons. The normalized spacial score (nSPS) is 28.8. The SMILES string of the molecule is CCC1(C)C(=O)NC(C2CCCCC2)C(=O)N1Cc1ccccc1. The fourth-order valence-electron chi connectivity index (χ4n) is 4.05. The number of nitrogens with one attached hydrogen (secondary N) is 1. The van der Waals surface area contributed by atoms with Crippen molar-refractivity contribution in [3.63, 3.8) is 0 Å². The number of amides is 2. The molecule has 1 N–H and O–H groups in total. The van der Waals surface area contributed by atoms with Crippen molar-refractivity contribution in [2.75, 3.05) is 0 Å². The van der Waals surface area contributed by atoms with E-state index in [0.717, 1.165) is 31.2 Å². The summed E-state index contributed by atoms with van der Waals surface area (Å²) in [5.41, 5.74) is 0.306. The van der Waals surface area contributed by atoms with Crippen LogP contribution in [0.2, 0.25) is 0 Å². The van der Waals surface area contributed by atoms with Crippen LogP contribution in [0, 0.1) is 5.92 Å². The standard InChI is InChI=1S/C20H28N2O2/c1-3-20(2)19(24)21-17(16-12-8-5-9-13-16)18(23)22(20)14-15-10-6-4-7-11-15/h4,6-7,10-11,16-17H,3,5,8-9,12-14H2,1-2H3,(H,21,24). The molecule has 1 saturated heterocycles. The Morgan fingerprint density at radius 1 is 1.12 bits per heavy atom. The van der Waals surface area contributed by atoms with Gasteiger partial charge in [-0.25, -0.2) is 0 Å².